The second kappa shape index (κ2) is 9.72. The quantitative estimate of drug-likeness (QED) is 0.158. The summed E-state index contributed by atoms with van der Waals surface area (Å²) >= 11 is 0. The zero-order valence-electron chi connectivity index (χ0n) is 30.4. The van der Waals surface area contributed by atoms with E-state index < -0.39 is 0 Å². The molecule has 0 amide bonds. The summed E-state index contributed by atoms with van der Waals surface area (Å²) in [6, 6.07) is 54.7. The molecule has 0 spiro atoms. The summed E-state index contributed by atoms with van der Waals surface area (Å²) in [6.07, 6.45) is 0. The van der Waals surface area contributed by atoms with Gasteiger partial charge < -0.3 is 4.40 Å². The molecule has 0 N–H and O–H groups in total. The molecule has 0 saturated carbocycles. The van der Waals surface area contributed by atoms with Gasteiger partial charge in [-0.2, -0.15) is 10.5 Å². The van der Waals surface area contributed by atoms with Gasteiger partial charge in [0.2, 0.25) is 0 Å². The molecule has 8 aromatic carbocycles. The molecule has 0 radical (unpaired) electrons. The normalized spacial score (nSPS) is 19.1. The zero-order valence-corrected chi connectivity index (χ0v) is 30.4. The van der Waals surface area contributed by atoms with Gasteiger partial charge in [0.05, 0.1) is 39.8 Å². The summed E-state index contributed by atoms with van der Waals surface area (Å²) in [5.41, 5.74) is 21.4. The van der Waals surface area contributed by atoms with E-state index in [0.717, 1.165) is 33.3 Å². The number of nitrogens with zero attached hydrogens (tertiary/aromatic N) is 3. The van der Waals surface area contributed by atoms with Crippen molar-refractivity contribution in [3.63, 3.8) is 0 Å². The van der Waals surface area contributed by atoms with Gasteiger partial charge in [-0.3, -0.25) is 0 Å². The first-order valence-electron chi connectivity index (χ1n) is 19.6. The molecule has 16 rings (SSSR count). The largest absolute Gasteiger partial charge is 0.308 e. The number of fused-ring (bicyclic) bond motifs is 8. The molecule has 0 fully saturated rings. The van der Waals surface area contributed by atoms with Gasteiger partial charge in [0.1, 0.15) is 0 Å². The molecule has 2 heterocycles. The topological polar surface area (TPSA) is 52.0 Å². The molecule has 0 saturated heterocycles. The van der Waals surface area contributed by atoms with Gasteiger partial charge in [0.15, 0.2) is 0 Å². The summed E-state index contributed by atoms with van der Waals surface area (Å²) in [4.78, 5) is 0. The Morgan fingerprint density at radius 2 is 0.839 bits per heavy atom. The standard InChI is InChI=1S/C53H29N3/c1-26-18-19-30-27(20-26)21-39-48-40(22-28(24-54)42-44-31-10-2-6-14-35(31)46(51(42)48)36-15-7-3-11-32(36)44)56-41-23-29(25-55)43-45-33-12-4-8-16-37(33)47(38-17-9-5-13-34(38)45)52(43)50(41)49(30)53(39)56/h2-23,44-47H,1H3. The highest BCUT2D eigenvalue weighted by molar-refractivity contribution is 6.33. The monoisotopic (exact) mass is 707 g/mol. The van der Waals surface area contributed by atoms with Gasteiger partial charge in [-0.25, -0.2) is 0 Å². The Labute approximate surface area is 322 Å². The summed E-state index contributed by atoms with van der Waals surface area (Å²) in [5.74, 6) is -0.0122. The third-order valence-corrected chi connectivity index (χ3v) is 14.1. The first-order chi connectivity index (χ1) is 27.7. The second-order valence-electron chi connectivity index (χ2n) is 16.5. The van der Waals surface area contributed by atoms with Crippen molar-refractivity contribution in [2.45, 2.75) is 30.6 Å². The van der Waals surface area contributed by atoms with Crippen LogP contribution in [0, 0.1) is 29.6 Å². The van der Waals surface area contributed by atoms with Gasteiger partial charge in [0, 0.05) is 45.2 Å². The average Bonchev–Trinajstić information content (AvgIpc) is 3.77. The minimum absolute atomic E-state index is 0.00208. The van der Waals surface area contributed by atoms with Crippen LogP contribution in [0.25, 0.3) is 48.9 Å². The van der Waals surface area contributed by atoms with Gasteiger partial charge in [-0.05, 0) is 103 Å². The summed E-state index contributed by atoms with van der Waals surface area (Å²) in [6.45, 7) is 2.18. The van der Waals surface area contributed by atoms with Crippen LogP contribution >= 0.6 is 0 Å². The first-order valence-corrected chi connectivity index (χ1v) is 19.6. The van der Waals surface area contributed by atoms with Gasteiger partial charge in [-0.1, -0.05) is 121 Å². The molecule has 256 valence electrons. The SMILES string of the molecule is Cc1ccc2c(c1)cc1c3c4c(c(C#N)cc3n3c5cc(C#N)c6c(c5c2c13)C1c2ccccc2C6c2ccccc21)C1c2ccccc2C4c2ccccc21. The molecule has 2 aromatic heterocycles. The Hall–Kier alpha value is -7.20. The minimum atomic E-state index is -0.0142. The molecule has 6 aliphatic carbocycles. The van der Waals surface area contributed by atoms with Gasteiger partial charge >= 0.3 is 0 Å². The van der Waals surface area contributed by atoms with Crippen molar-refractivity contribution in [1.29, 1.82) is 10.5 Å². The lowest BCUT2D eigenvalue weighted by Gasteiger charge is -2.43. The molecular weight excluding hydrogens is 679 g/mol. The number of aromatic nitrogens is 1. The van der Waals surface area contributed by atoms with Crippen LogP contribution in [0.4, 0.5) is 0 Å². The summed E-state index contributed by atoms with van der Waals surface area (Å²) in [5, 5.41) is 29.6. The number of aryl methyl sites for hydroxylation is 1. The van der Waals surface area contributed by atoms with Crippen molar-refractivity contribution >= 4 is 48.9 Å². The lowest BCUT2D eigenvalue weighted by molar-refractivity contribution is 0.758. The van der Waals surface area contributed by atoms with Crippen molar-refractivity contribution in [3.05, 3.63) is 217 Å². The van der Waals surface area contributed by atoms with Crippen LogP contribution in [0.1, 0.15) is 107 Å². The minimum Gasteiger partial charge on any atom is -0.308 e. The van der Waals surface area contributed by atoms with Crippen molar-refractivity contribution < 1.29 is 0 Å². The predicted octanol–water partition coefficient (Wildman–Crippen LogP) is 12.0. The fourth-order valence-corrected chi connectivity index (χ4v) is 12.3. The average molecular weight is 708 g/mol. The number of hydrogen-bond donors (Lipinski definition) is 0. The highest BCUT2D eigenvalue weighted by Gasteiger charge is 2.47. The predicted molar refractivity (Wildman–Crippen MR) is 222 cm³/mol. The third-order valence-electron chi connectivity index (χ3n) is 14.1. The highest BCUT2D eigenvalue weighted by Crippen LogP contribution is 2.62. The lowest BCUT2D eigenvalue weighted by Crippen LogP contribution is -2.28. The van der Waals surface area contributed by atoms with E-state index in [1.54, 1.807) is 0 Å². The van der Waals surface area contributed by atoms with E-state index in [1.165, 1.54) is 99.0 Å². The smallest absolute Gasteiger partial charge is 0.0995 e. The van der Waals surface area contributed by atoms with Gasteiger partial charge in [-0.15, -0.1) is 0 Å². The van der Waals surface area contributed by atoms with E-state index in [0.29, 0.717) is 0 Å². The second-order valence-corrected chi connectivity index (χ2v) is 16.5. The molecule has 56 heavy (non-hydrogen) atoms. The van der Waals surface area contributed by atoms with E-state index in [1.807, 2.05) is 0 Å². The van der Waals surface area contributed by atoms with Crippen LogP contribution < -0.4 is 0 Å². The van der Waals surface area contributed by atoms with Crippen molar-refractivity contribution in [2.75, 3.05) is 0 Å². The maximum Gasteiger partial charge on any atom is 0.0995 e. The molecule has 0 unspecified atom stereocenters. The summed E-state index contributed by atoms with van der Waals surface area (Å²) < 4.78 is 2.44. The number of nitriles is 2. The molecule has 3 heteroatoms. The van der Waals surface area contributed by atoms with Crippen molar-refractivity contribution in [1.82, 2.24) is 4.40 Å². The fraction of sp³-hybridized carbons (Fsp3) is 0.0943. The number of hydrogen-bond acceptors (Lipinski definition) is 2. The van der Waals surface area contributed by atoms with E-state index in [2.05, 4.69) is 157 Å². The number of rotatable bonds is 0. The molecule has 6 aliphatic rings. The third kappa shape index (κ3) is 3.11. The summed E-state index contributed by atoms with van der Waals surface area (Å²) in [7, 11) is 0. The molecule has 4 bridgehead atoms. The Morgan fingerprint density at radius 1 is 0.429 bits per heavy atom. The Kier molecular flexibility index (Phi) is 5.07. The van der Waals surface area contributed by atoms with Crippen LogP contribution in [0.5, 0.6) is 0 Å². The Morgan fingerprint density at radius 3 is 1.29 bits per heavy atom. The molecule has 0 aliphatic heterocycles. The van der Waals surface area contributed by atoms with Gasteiger partial charge in [0.25, 0.3) is 0 Å². The number of benzene rings is 8. The Balaban J connectivity index is 1.23. The van der Waals surface area contributed by atoms with Crippen LogP contribution in [0.15, 0.2) is 133 Å². The maximum atomic E-state index is 11.1. The molecule has 10 aromatic rings. The lowest BCUT2D eigenvalue weighted by atomic mass is 9.59. The zero-order chi connectivity index (χ0) is 36.7. The van der Waals surface area contributed by atoms with E-state index in [9.17, 15) is 10.5 Å². The fourth-order valence-electron chi connectivity index (χ4n) is 12.3. The van der Waals surface area contributed by atoms with E-state index in [4.69, 9.17) is 0 Å². The highest BCUT2D eigenvalue weighted by atomic mass is 14.9. The van der Waals surface area contributed by atoms with Crippen LogP contribution in [-0.2, 0) is 0 Å². The maximum absolute atomic E-state index is 11.1. The molecule has 0 atom stereocenters. The first kappa shape index (κ1) is 29.2. The van der Waals surface area contributed by atoms with Crippen molar-refractivity contribution in [2.24, 2.45) is 0 Å². The van der Waals surface area contributed by atoms with Crippen LogP contribution in [0.3, 0.4) is 0 Å². The van der Waals surface area contributed by atoms with Crippen LogP contribution in [0.2, 0.25) is 0 Å². The van der Waals surface area contributed by atoms with Crippen molar-refractivity contribution in [3.8, 4) is 12.1 Å². The van der Waals surface area contributed by atoms with E-state index in [-0.39, 0.29) is 23.7 Å². The van der Waals surface area contributed by atoms with E-state index >= 15 is 0 Å². The molecule has 3 nitrogen and oxygen atoms in total. The molecular formula is C53H29N3. The van der Waals surface area contributed by atoms with Crippen LogP contribution in [-0.4, -0.2) is 4.40 Å². The Bertz CT molecular complexity index is 3510.